The third-order valence-corrected chi connectivity index (χ3v) is 1.51. The third-order valence-electron chi connectivity index (χ3n) is 1.35. The highest BCUT2D eigenvalue weighted by molar-refractivity contribution is 6.17. The van der Waals surface area contributed by atoms with E-state index < -0.39 is 0 Å². The van der Waals surface area contributed by atoms with Crippen molar-refractivity contribution < 1.29 is 9.47 Å². The van der Waals surface area contributed by atoms with Crippen molar-refractivity contribution in [3.63, 3.8) is 0 Å². The number of hydrogen-bond donors (Lipinski definition) is 0. The van der Waals surface area contributed by atoms with E-state index in [0.29, 0.717) is 25.7 Å². The fraction of sp³-hybridized carbons (Fsp3) is 0.444. The van der Waals surface area contributed by atoms with E-state index >= 15 is 0 Å². The first-order valence-corrected chi connectivity index (χ1v) is 4.63. The molecule has 1 heterocycles. The molecule has 1 aromatic heterocycles. The van der Waals surface area contributed by atoms with E-state index in [1.54, 1.807) is 12.4 Å². The van der Waals surface area contributed by atoms with Gasteiger partial charge in [-0.3, -0.25) is 4.98 Å². The minimum atomic E-state index is 0.521. The molecule has 0 aliphatic rings. The summed E-state index contributed by atoms with van der Waals surface area (Å²) in [5.41, 5.74) is 0. The second-order valence-electron chi connectivity index (χ2n) is 2.34. The van der Waals surface area contributed by atoms with Crippen LogP contribution in [0.15, 0.2) is 24.5 Å². The monoisotopic (exact) mass is 201 g/mol. The first kappa shape index (κ1) is 10.3. The Morgan fingerprint density at radius 3 is 2.92 bits per heavy atom. The predicted octanol–water partition coefficient (Wildman–Crippen LogP) is 1.72. The molecule has 0 radical (unpaired) electrons. The average molecular weight is 202 g/mol. The van der Waals surface area contributed by atoms with Crippen LogP contribution in [0.1, 0.15) is 0 Å². The second kappa shape index (κ2) is 6.69. The van der Waals surface area contributed by atoms with Gasteiger partial charge in [-0.1, -0.05) is 0 Å². The van der Waals surface area contributed by atoms with Crippen molar-refractivity contribution in [3.8, 4) is 5.75 Å². The van der Waals surface area contributed by atoms with Gasteiger partial charge in [0, 0.05) is 12.1 Å². The molecule has 1 aromatic rings. The second-order valence-corrected chi connectivity index (χ2v) is 2.72. The SMILES string of the molecule is ClCCOCCOc1cccnc1. The molecule has 0 amide bonds. The van der Waals surface area contributed by atoms with Crippen LogP contribution in [0.5, 0.6) is 5.75 Å². The third kappa shape index (κ3) is 4.70. The number of nitrogens with zero attached hydrogens (tertiary/aromatic N) is 1. The summed E-state index contributed by atoms with van der Waals surface area (Å²) in [6, 6.07) is 3.68. The maximum absolute atomic E-state index is 5.42. The molecule has 1 rings (SSSR count). The molecule has 0 aromatic carbocycles. The lowest BCUT2D eigenvalue weighted by Gasteiger charge is -2.04. The van der Waals surface area contributed by atoms with Crippen LogP contribution in [0.25, 0.3) is 0 Å². The van der Waals surface area contributed by atoms with Crippen molar-refractivity contribution >= 4 is 11.6 Å². The van der Waals surface area contributed by atoms with E-state index in [-0.39, 0.29) is 0 Å². The zero-order chi connectivity index (χ0) is 9.36. The molecule has 0 saturated carbocycles. The van der Waals surface area contributed by atoms with Crippen LogP contribution in [-0.2, 0) is 4.74 Å². The van der Waals surface area contributed by atoms with Crippen molar-refractivity contribution in [2.45, 2.75) is 0 Å². The van der Waals surface area contributed by atoms with E-state index in [9.17, 15) is 0 Å². The topological polar surface area (TPSA) is 31.4 Å². The van der Waals surface area contributed by atoms with Gasteiger partial charge in [-0.15, -0.1) is 11.6 Å². The highest BCUT2D eigenvalue weighted by Crippen LogP contribution is 2.05. The Hall–Kier alpha value is -0.800. The number of ether oxygens (including phenoxy) is 2. The average Bonchev–Trinajstić information content (AvgIpc) is 2.19. The molecule has 0 fully saturated rings. The summed E-state index contributed by atoms with van der Waals surface area (Å²) in [4.78, 5) is 3.91. The molecular weight excluding hydrogens is 190 g/mol. The molecule has 0 saturated heterocycles. The van der Waals surface area contributed by atoms with E-state index in [1.807, 2.05) is 12.1 Å². The Bertz CT molecular complexity index is 218. The van der Waals surface area contributed by atoms with Crippen LogP contribution < -0.4 is 4.74 Å². The Morgan fingerprint density at radius 2 is 2.23 bits per heavy atom. The van der Waals surface area contributed by atoms with Crippen molar-refractivity contribution in [2.75, 3.05) is 25.7 Å². The molecule has 0 N–H and O–H groups in total. The Labute approximate surface area is 82.6 Å². The highest BCUT2D eigenvalue weighted by Gasteiger charge is 1.91. The van der Waals surface area contributed by atoms with Gasteiger partial charge < -0.3 is 9.47 Å². The largest absolute Gasteiger partial charge is 0.490 e. The molecule has 0 aliphatic carbocycles. The number of alkyl halides is 1. The lowest BCUT2D eigenvalue weighted by atomic mass is 10.5. The minimum absolute atomic E-state index is 0.521. The predicted molar refractivity (Wildman–Crippen MR) is 51.3 cm³/mol. The molecular formula is C9H12ClNO2. The summed E-state index contributed by atoms with van der Waals surface area (Å²) in [7, 11) is 0. The quantitative estimate of drug-likeness (QED) is 0.519. The highest BCUT2D eigenvalue weighted by atomic mass is 35.5. The van der Waals surface area contributed by atoms with Crippen LogP contribution in [0.3, 0.4) is 0 Å². The summed E-state index contributed by atoms with van der Waals surface area (Å²) < 4.78 is 10.4. The molecule has 0 unspecified atom stereocenters. The number of pyridine rings is 1. The molecule has 4 heteroatoms. The van der Waals surface area contributed by atoms with Crippen LogP contribution in [-0.4, -0.2) is 30.7 Å². The van der Waals surface area contributed by atoms with Crippen molar-refractivity contribution in [2.24, 2.45) is 0 Å². The van der Waals surface area contributed by atoms with Gasteiger partial charge in [0.15, 0.2) is 0 Å². The number of rotatable bonds is 6. The number of aromatic nitrogens is 1. The first-order valence-electron chi connectivity index (χ1n) is 4.10. The lowest BCUT2D eigenvalue weighted by Crippen LogP contribution is -2.07. The summed E-state index contributed by atoms with van der Waals surface area (Å²) in [6.45, 7) is 1.65. The molecule has 3 nitrogen and oxygen atoms in total. The molecule has 0 spiro atoms. The van der Waals surface area contributed by atoms with E-state index in [0.717, 1.165) is 5.75 Å². The van der Waals surface area contributed by atoms with Crippen LogP contribution in [0, 0.1) is 0 Å². The molecule has 0 aliphatic heterocycles. The molecule has 0 atom stereocenters. The molecule has 13 heavy (non-hydrogen) atoms. The zero-order valence-corrected chi connectivity index (χ0v) is 8.04. The van der Waals surface area contributed by atoms with Crippen LogP contribution in [0.2, 0.25) is 0 Å². The maximum Gasteiger partial charge on any atom is 0.137 e. The Kier molecular flexibility index (Phi) is 5.29. The maximum atomic E-state index is 5.42. The van der Waals surface area contributed by atoms with Crippen LogP contribution in [0.4, 0.5) is 0 Å². The van der Waals surface area contributed by atoms with Gasteiger partial charge in [-0.25, -0.2) is 0 Å². The summed E-state index contributed by atoms with van der Waals surface area (Å²) >= 11 is 5.42. The number of hydrogen-bond acceptors (Lipinski definition) is 3. The standard InChI is InChI=1S/C9H12ClNO2/c10-3-5-12-6-7-13-9-2-1-4-11-8-9/h1-2,4,8H,3,5-7H2. The summed E-state index contributed by atoms with van der Waals surface area (Å²) in [5, 5.41) is 0. The minimum Gasteiger partial charge on any atom is -0.490 e. The van der Waals surface area contributed by atoms with Gasteiger partial charge in [-0.05, 0) is 12.1 Å². The number of halogens is 1. The van der Waals surface area contributed by atoms with Gasteiger partial charge >= 0.3 is 0 Å². The summed E-state index contributed by atoms with van der Waals surface area (Å²) in [6.07, 6.45) is 3.37. The van der Waals surface area contributed by atoms with Gasteiger partial charge in [-0.2, -0.15) is 0 Å². The Balaban J connectivity index is 2.07. The first-order chi connectivity index (χ1) is 6.43. The summed E-state index contributed by atoms with van der Waals surface area (Å²) in [5.74, 6) is 1.28. The fourth-order valence-corrected chi connectivity index (χ4v) is 0.917. The van der Waals surface area contributed by atoms with E-state index in [1.165, 1.54) is 0 Å². The van der Waals surface area contributed by atoms with E-state index in [2.05, 4.69) is 4.98 Å². The van der Waals surface area contributed by atoms with Crippen molar-refractivity contribution in [1.29, 1.82) is 0 Å². The lowest BCUT2D eigenvalue weighted by molar-refractivity contribution is 0.111. The van der Waals surface area contributed by atoms with Crippen molar-refractivity contribution in [3.05, 3.63) is 24.5 Å². The van der Waals surface area contributed by atoms with Gasteiger partial charge in [0.05, 0.1) is 19.4 Å². The zero-order valence-electron chi connectivity index (χ0n) is 7.28. The van der Waals surface area contributed by atoms with E-state index in [4.69, 9.17) is 21.1 Å². The van der Waals surface area contributed by atoms with Crippen LogP contribution >= 0.6 is 11.6 Å². The van der Waals surface area contributed by atoms with Gasteiger partial charge in [0.2, 0.25) is 0 Å². The fourth-order valence-electron chi connectivity index (χ4n) is 0.808. The Morgan fingerprint density at radius 1 is 1.31 bits per heavy atom. The van der Waals surface area contributed by atoms with Gasteiger partial charge in [0.25, 0.3) is 0 Å². The van der Waals surface area contributed by atoms with Gasteiger partial charge in [0.1, 0.15) is 12.4 Å². The molecule has 0 bridgehead atoms. The van der Waals surface area contributed by atoms with Crippen molar-refractivity contribution in [1.82, 2.24) is 4.98 Å². The smallest absolute Gasteiger partial charge is 0.137 e. The molecule has 72 valence electrons. The normalized spacial score (nSPS) is 9.92.